The Morgan fingerprint density at radius 2 is 1.82 bits per heavy atom. The maximum absolute atomic E-state index is 11.4. The van der Waals surface area contributed by atoms with E-state index in [1.165, 1.54) is 12.8 Å². The number of piperidine rings is 1. The van der Waals surface area contributed by atoms with E-state index in [-0.39, 0.29) is 0 Å². The van der Waals surface area contributed by atoms with Crippen molar-refractivity contribution in [2.75, 3.05) is 28.6 Å². The van der Waals surface area contributed by atoms with E-state index in [1.807, 2.05) is 31.3 Å². The molecule has 5 rings (SSSR count). The Bertz CT molecular complexity index is 1330. The number of nitrogens with one attached hydrogen (secondary N) is 3. The molecule has 170 valence electrons. The molecule has 0 atom stereocenters. The monoisotopic (exact) mass is 445 g/mol. The van der Waals surface area contributed by atoms with Crippen LogP contribution in [0.5, 0.6) is 0 Å². The first-order chi connectivity index (χ1) is 15.8. The number of rotatable bonds is 5. The van der Waals surface area contributed by atoms with Gasteiger partial charge in [-0.2, -0.15) is 4.98 Å². The van der Waals surface area contributed by atoms with Gasteiger partial charge >= 0.3 is 5.76 Å². The molecular formula is C24H27N7O2. The first kappa shape index (κ1) is 21.0. The van der Waals surface area contributed by atoms with E-state index >= 15 is 0 Å². The second kappa shape index (κ2) is 8.23. The summed E-state index contributed by atoms with van der Waals surface area (Å²) in [6.45, 7) is 8.64. The van der Waals surface area contributed by atoms with Crippen molar-refractivity contribution in [1.82, 2.24) is 19.9 Å². The van der Waals surface area contributed by atoms with Gasteiger partial charge in [-0.25, -0.2) is 14.8 Å². The Kier molecular flexibility index (Phi) is 5.24. The van der Waals surface area contributed by atoms with Crippen LogP contribution in [-0.2, 0) is 0 Å². The highest BCUT2D eigenvalue weighted by Crippen LogP contribution is 2.32. The highest BCUT2D eigenvalue weighted by atomic mass is 16.4. The number of aryl methyl sites for hydroxylation is 1. The van der Waals surface area contributed by atoms with E-state index in [1.54, 1.807) is 18.3 Å². The molecule has 1 saturated heterocycles. The Labute approximate surface area is 191 Å². The molecule has 9 nitrogen and oxygen atoms in total. The van der Waals surface area contributed by atoms with E-state index in [9.17, 15) is 4.79 Å². The summed E-state index contributed by atoms with van der Waals surface area (Å²) in [5.74, 6) is 1.65. The van der Waals surface area contributed by atoms with Crippen molar-refractivity contribution in [3.8, 4) is 0 Å². The van der Waals surface area contributed by atoms with Crippen LogP contribution in [-0.4, -0.2) is 33.0 Å². The Hall–Kier alpha value is -3.88. The highest BCUT2D eigenvalue weighted by Gasteiger charge is 2.25. The van der Waals surface area contributed by atoms with Gasteiger partial charge in [-0.15, -0.1) is 0 Å². The van der Waals surface area contributed by atoms with E-state index in [2.05, 4.69) is 49.3 Å². The molecule has 1 fully saturated rings. The quantitative estimate of drug-likeness (QED) is 0.404. The first-order valence-corrected chi connectivity index (χ1v) is 11.1. The van der Waals surface area contributed by atoms with Gasteiger partial charge in [0.05, 0.1) is 17.4 Å². The van der Waals surface area contributed by atoms with Gasteiger partial charge in [-0.1, -0.05) is 13.8 Å². The van der Waals surface area contributed by atoms with E-state index in [0.29, 0.717) is 28.3 Å². The smallest absolute Gasteiger partial charge is 0.408 e. The zero-order valence-corrected chi connectivity index (χ0v) is 19.0. The summed E-state index contributed by atoms with van der Waals surface area (Å²) >= 11 is 0. The molecule has 3 N–H and O–H groups in total. The SMILES string of the molecule is Cc1cnc(Nc2ccc(N3CCC(C)(C)CC3)nc2)nc1Nc1ccc2oc(=O)[nH]c2c1. The minimum atomic E-state index is -0.476. The molecule has 0 aliphatic carbocycles. The molecule has 1 aromatic carbocycles. The Morgan fingerprint density at radius 3 is 2.58 bits per heavy atom. The van der Waals surface area contributed by atoms with Crippen LogP contribution >= 0.6 is 0 Å². The fourth-order valence-corrected chi connectivity index (χ4v) is 3.91. The highest BCUT2D eigenvalue weighted by molar-refractivity contribution is 5.78. The fraction of sp³-hybridized carbons (Fsp3) is 0.333. The van der Waals surface area contributed by atoms with Crippen LogP contribution in [0.25, 0.3) is 11.1 Å². The van der Waals surface area contributed by atoms with Gasteiger partial charge in [0.25, 0.3) is 0 Å². The number of fused-ring (bicyclic) bond motifs is 1. The van der Waals surface area contributed by atoms with Crippen molar-refractivity contribution in [3.05, 3.63) is 58.8 Å². The average molecular weight is 446 g/mol. The number of aromatic amines is 1. The zero-order chi connectivity index (χ0) is 23.0. The predicted molar refractivity (Wildman–Crippen MR) is 130 cm³/mol. The van der Waals surface area contributed by atoms with Gasteiger partial charge in [0.15, 0.2) is 5.58 Å². The standard InChI is InChI=1S/C24H27N7O2/c1-15-13-26-22(30-21(15)27-16-4-6-19-18(12-16)29-23(32)33-19)28-17-5-7-20(25-14-17)31-10-8-24(2,3)9-11-31/h4-7,12-14H,8-11H2,1-3H3,(H,29,32)(H2,26,27,28,30). The van der Waals surface area contributed by atoms with E-state index < -0.39 is 5.76 Å². The van der Waals surface area contributed by atoms with Crippen LogP contribution in [0.2, 0.25) is 0 Å². The van der Waals surface area contributed by atoms with E-state index in [0.717, 1.165) is 35.8 Å². The summed E-state index contributed by atoms with van der Waals surface area (Å²) in [6, 6.07) is 9.41. The molecule has 0 saturated carbocycles. The van der Waals surface area contributed by atoms with Gasteiger partial charge in [-0.05, 0) is 55.5 Å². The molecule has 0 spiro atoms. The van der Waals surface area contributed by atoms with Crippen molar-refractivity contribution in [2.24, 2.45) is 5.41 Å². The van der Waals surface area contributed by atoms with Gasteiger partial charge < -0.3 is 20.0 Å². The van der Waals surface area contributed by atoms with Crippen LogP contribution < -0.4 is 21.3 Å². The molecule has 1 aliphatic heterocycles. The molecule has 3 aromatic heterocycles. The number of nitrogens with zero attached hydrogens (tertiary/aromatic N) is 4. The maximum atomic E-state index is 11.4. The van der Waals surface area contributed by atoms with Gasteiger partial charge in [0.1, 0.15) is 11.6 Å². The zero-order valence-electron chi connectivity index (χ0n) is 19.0. The third kappa shape index (κ3) is 4.67. The first-order valence-electron chi connectivity index (χ1n) is 11.1. The molecule has 0 amide bonds. The normalized spacial score (nSPS) is 15.5. The van der Waals surface area contributed by atoms with Crippen LogP contribution in [0.1, 0.15) is 32.3 Å². The van der Waals surface area contributed by atoms with Crippen LogP contribution in [0, 0.1) is 12.3 Å². The summed E-state index contributed by atoms with van der Waals surface area (Å²) in [5, 5.41) is 6.51. The number of pyridine rings is 1. The minimum Gasteiger partial charge on any atom is -0.408 e. The lowest BCUT2D eigenvalue weighted by Crippen LogP contribution is -2.37. The molecule has 4 heterocycles. The fourth-order valence-electron chi connectivity index (χ4n) is 3.91. The summed E-state index contributed by atoms with van der Waals surface area (Å²) in [6.07, 6.45) is 5.92. The third-order valence-electron chi connectivity index (χ3n) is 6.10. The lowest BCUT2D eigenvalue weighted by molar-refractivity contribution is 0.279. The molecule has 0 unspecified atom stereocenters. The second-order valence-corrected chi connectivity index (χ2v) is 9.26. The molecule has 9 heteroatoms. The number of hydrogen-bond donors (Lipinski definition) is 3. The van der Waals surface area contributed by atoms with E-state index in [4.69, 9.17) is 4.42 Å². The number of H-pyrrole nitrogens is 1. The van der Waals surface area contributed by atoms with Crippen LogP contribution in [0.4, 0.5) is 29.0 Å². The number of benzene rings is 1. The number of oxazole rings is 1. The Morgan fingerprint density at radius 1 is 1.03 bits per heavy atom. The predicted octanol–water partition coefficient (Wildman–Crippen LogP) is 4.73. The average Bonchev–Trinajstić information content (AvgIpc) is 3.16. The van der Waals surface area contributed by atoms with Crippen LogP contribution in [0.15, 0.2) is 51.9 Å². The summed E-state index contributed by atoms with van der Waals surface area (Å²) in [5.41, 5.74) is 4.04. The van der Waals surface area contributed by atoms with Crippen molar-refractivity contribution < 1.29 is 4.42 Å². The van der Waals surface area contributed by atoms with Crippen molar-refractivity contribution in [1.29, 1.82) is 0 Å². The number of anilines is 5. The van der Waals surface area contributed by atoms with Crippen molar-refractivity contribution in [2.45, 2.75) is 33.6 Å². The topological polar surface area (TPSA) is 112 Å². The Balaban J connectivity index is 1.29. The van der Waals surface area contributed by atoms with Gasteiger partial charge in [0.2, 0.25) is 5.95 Å². The molecule has 1 aliphatic rings. The lowest BCUT2D eigenvalue weighted by atomic mass is 9.83. The number of hydrogen-bond acceptors (Lipinski definition) is 8. The lowest BCUT2D eigenvalue weighted by Gasteiger charge is -2.37. The maximum Gasteiger partial charge on any atom is 0.417 e. The summed E-state index contributed by atoms with van der Waals surface area (Å²) in [7, 11) is 0. The van der Waals surface area contributed by atoms with Gasteiger partial charge in [0, 0.05) is 30.5 Å². The molecule has 4 aromatic rings. The minimum absolute atomic E-state index is 0.411. The summed E-state index contributed by atoms with van der Waals surface area (Å²) < 4.78 is 5.05. The van der Waals surface area contributed by atoms with Gasteiger partial charge in [-0.3, -0.25) is 4.98 Å². The molecule has 0 bridgehead atoms. The second-order valence-electron chi connectivity index (χ2n) is 9.26. The molecule has 33 heavy (non-hydrogen) atoms. The third-order valence-corrected chi connectivity index (χ3v) is 6.10. The molecular weight excluding hydrogens is 418 g/mol. The van der Waals surface area contributed by atoms with Crippen molar-refractivity contribution >= 4 is 40.1 Å². The molecule has 0 radical (unpaired) electrons. The summed E-state index contributed by atoms with van der Waals surface area (Å²) in [4.78, 5) is 30.0. The number of aromatic nitrogens is 4. The van der Waals surface area contributed by atoms with Crippen molar-refractivity contribution in [3.63, 3.8) is 0 Å². The van der Waals surface area contributed by atoms with Crippen LogP contribution in [0.3, 0.4) is 0 Å². The largest absolute Gasteiger partial charge is 0.417 e.